The molecule has 2 heterocycles. The topological polar surface area (TPSA) is 15.3 Å². The summed E-state index contributed by atoms with van der Waals surface area (Å²) in [5.41, 5.74) is 0.216. The van der Waals surface area contributed by atoms with Crippen LogP contribution in [0.25, 0.3) is 0 Å². The van der Waals surface area contributed by atoms with E-state index in [0.717, 1.165) is 25.6 Å². The van der Waals surface area contributed by atoms with Gasteiger partial charge in [0.1, 0.15) is 0 Å². The minimum Gasteiger partial charge on any atom is -0.309 e. The van der Waals surface area contributed by atoms with E-state index in [-0.39, 0.29) is 5.54 Å². The van der Waals surface area contributed by atoms with E-state index in [1.54, 1.807) is 0 Å². The summed E-state index contributed by atoms with van der Waals surface area (Å²) in [5.74, 6) is 0.738. The summed E-state index contributed by atoms with van der Waals surface area (Å²) < 4.78 is 1.26. The van der Waals surface area contributed by atoms with Crippen molar-refractivity contribution in [1.82, 2.24) is 10.2 Å². The lowest BCUT2D eigenvalue weighted by Crippen LogP contribution is -2.62. The molecule has 4 heteroatoms. The molecule has 0 spiro atoms. The molecule has 1 aliphatic heterocycles. The van der Waals surface area contributed by atoms with Crippen molar-refractivity contribution in [1.29, 1.82) is 0 Å². The van der Waals surface area contributed by atoms with E-state index >= 15 is 0 Å². The largest absolute Gasteiger partial charge is 0.309 e. The van der Waals surface area contributed by atoms with Gasteiger partial charge in [0, 0.05) is 40.6 Å². The fourth-order valence-corrected chi connectivity index (χ4v) is 4.32. The second-order valence-electron chi connectivity index (χ2n) is 6.31. The van der Waals surface area contributed by atoms with E-state index in [9.17, 15) is 0 Å². The minimum atomic E-state index is 0.216. The van der Waals surface area contributed by atoms with Gasteiger partial charge in [-0.2, -0.15) is 0 Å². The first-order chi connectivity index (χ1) is 8.93. The van der Waals surface area contributed by atoms with Gasteiger partial charge in [0.2, 0.25) is 0 Å². The molecule has 0 aliphatic carbocycles. The third-order valence-electron chi connectivity index (χ3n) is 4.20. The molecule has 2 unspecified atom stereocenters. The highest BCUT2D eigenvalue weighted by Crippen LogP contribution is 2.29. The van der Waals surface area contributed by atoms with Gasteiger partial charge in [-0.3, -0.25) is 4.90 Å². The van der Waals surface area contributed by atoms with E-state index in [0.29, 0.717) is 6.04 Å². The van der Waals surface area contributed by atoms with Gasteiger partial charge in [0.15, 0.2) is 0 Å². The number of piperazine rings is 1. The zero-order valence-corrected chi connectivity index (χ0v) is 14.8. The zero-order chi connectivity index (χ0) is 14.0. The molecular weight excluding hydrogens is 320 g/mol. The predicted octanol–water partition coefficient (Wildman–Crippen LogP) is 4.11. The Morgan fingerprint density at radius 2 is 2.32 bits per heavy atom. The summed E-state index contributed by atoms with van der Waals surface area (Å²) in [6.07, 6.45) is 1.24. The molecule has 1 fully saturated rings. The summed E-state index contributed by atoms with van der Waals surface area (Å²) >= 11 is 5.52. The van der Waals surface area contributed by atoms with Gasteiger partial charge < -0.3 is 5.32 Å². The number of halogens is 1. The second kappa shape index (κ2) is 6.25. The molecule has 2 atom stereocenters. The summed E-state index contributed by atoms with van der Waals surface area (Å²) in [5, 5.41) is 5.87. The molecule has 0 aromatic carbocycles. The van der Waals surface area contributed by atoms with Crippen molar-refractivity contribution in [2.24, 2.45) is 5.92 Å². The summed E-state index contributed by atoms with van der Waals surface area (Å²) in [7, 11) is 0. The normalized spacial score (nSPS) is 25.4. The first-order valence-corrected chi connectivity index (χ1v) is 8.81. The average Bonchev–Trinajstić information content (AvgIpc) is 2.73. The maximum Gasteiger partial charge on any atom is 0.0343 e. The molecule has 0 bridgehead atoms. The van der Waals surface area contributed by atoms with Crippen molar-refractivity contribution in [3.8, 4) is 0 Å². The molecule has 1 saturated heterocycles. The van der Waals surface area contributed by atoms with Gasteiger partial charge in [-0.25, -0.2) is 0 Å². The van der Waals surface area contributed by atoms with E-state index < -0.39 is 0 Å². The Kier molecular flexibility index (Phi) is 5.09. The molecule has 1 aliphatic rings. The Hall–Kier alpha value is 0.100. The Bertz CT molecular complexity index is 416. The van der Waals surface area contributed by atoms with Crippen LogP contribution in [0.4, 0.5) is 0 Å². The Balaban J connectivity index is 2.13. The monoisotopic (exact) mass is 344 g/mol. The van der Waals surface area contributed by atoms with Crippen LogP contribution in [0.2, 0.25) is 0 Å². The highest BCUT2D eigenvalue weighted by Gasteiger charge is 2.34. The molecule has 108 valence electrons. The third kappa shape index (κ3) is 3.81. The van der Waals surface area contributed by atoms with Gasteiger partial charge in [0.25, 0.3) is 0 Å². The van der Waals surface area contributed by atoms with Gasteiger partial charge in [0.05, 0.1) is 0 Å². The van der Waals surface area contributed by atoms with Gasteiger partial charge in [-0.05, 0) is 47.1 Å². The molecular formula is C15H25BrN2S. The second-order valence-corrected chi connectivity index (χ2v) is 8.17. The molecule has 0 saturated carbocycles. The smallest absolute Gasteiger partial charge is 0.0343 e. The summed E-state index contributed by atoms with van der Waals surface area (Å²) in [6, 6.07) is 2.80. The van der Waals surface area contributed by atoms with Crippen LogP contribution in [0.15, 0.2) is 15.9 Å². The molecule has 19 heavy (non-hydrogen) atoms. The predicted molar refractivity (Wildman–Crippen MR) is 87.8 cm³/mol. The minimum absolute atomic E-state index is 0.216. The van der Waals surface area contributed by atoms with Crippen LogP contribution < -0.4 is 5.32 Å². The molecule has 0 radical (unpaired) electrons. The van der Waals surface area contributed by atoms with Crippen LogP contribution in [-0.2, 0) is 6.54 Å². The van der Waals surface area contributed by atoms with Gasteiger partial charge >= 0.3 is 0 Å². The number of nitrogens with zero attached hydrogens (tertiary/aromatic N) is 1. The first kappa shape index (κ1) is 15.5. The van der Waals surface area contributed by atoms with E-state index in [2.05, 4.69) is 65.3 Å². The number of nitrogens with one attached hydrogen (secondary N) is 1. The van der Waals surface area contributed by atoms with Gasteiger partial charge in [-0.15, -0.1) is 11.3 Å². The van der Waals surface area contributed by atoms with Crippen molar-refractivity contribution in [2.45, 2.75) is 52.2 Å². The third-order valence-corrected chi connectivity index (χ3v) is 6.11. The van der Waals surface area contributed by atoms with Crippen LogP contribution >= 0.6 is 27.3 Å². The van der Waals surface area contributed by atoms with Crippen LogP contribution in [0.1, 0.15) is 39.0 Å². The zero-order valence-electron chi connectivity index (χ0n) is 12.4. The van der Waals surface area contributed by atoms with Crippen molar-refractivity contribution >= 4 is 27.3 Å². The maximum atomic E-state index is 3.70. The van der Waals surface area contributed by atoms with Crippen molar-refractivity contribution < 1.29 is 0 Å². The SMILES string of the molecule is CCC(C)C1CNC(C)(C)CN1Cc1sccc1Br. The molecule has 2 nitrogen and oxygen atoms in total. The molecule has 1 aromatic heterocycles. The lowest BCUT2D eigenvalue weighted by molar-refractivity contribution is 0.0578. The fourth-order valence-electron chi connectivity index (χ4n) is 2.82. The Labute approximate surface area is 129 Å². The maximum absolute atomic E-state index is 3.70. The molecule has 0 amide bonds. The molecule has 1 N–H and O–H groups in total. The number of hydrogen-bond donors (Lipinski definition) is 1. The van der Waals surface area contributed by atoms with Crippen LogP contribution in [0, 0.1) is 5.92 Å². The number of thiophene rings is 1. The Morgan fingerprint density at radius 3 is 2.89 bits per heavy atom. The van der Waals surface area contributed by atoms with Crippen molar-refractivity contribution in [3.05, 3.63) is 20.8 Å². The van der Waals surface area contributed by atoms with E-state index in [4.69, 9.17) is 0 Å². The lowest BCUT2D eigenvalue weighted by atomic mass is 9.91. The van der Waals surface area contributed by atoms with E-state index in [1.165, 1.54) is 15.8 Å². The highest BCUT2D eigenvalue weighted by molar-refractivity contribution is 9.10. The molecule has 2 rings (SSSR count). The van der Waals surface area contributed by atoms with Crippen LogP contribution in [-0.4, -0.2) is 29.6 Å². The van der Waals surface area contributed by atoms with E-state index in [1.807, 2.05) is 11.3 Å². The quantitative estimate of drug-likeness (QED) is 0.884. The standard InChI is InChI=1S/C15H25BrN2S/c1-5-11(2)13-8-17-15(3,4)10-18(13)9-14-12(16)6-7-19-14/h6-7,11,13,17H,5,8-10H2,1-4H3. The first-order valence-electron chi connectivity index (χ1n) is 7.14. The van der Waals surface area contributed by atoms with Crippen molar-refractivity contribution in [3.63, 3.8) is 0 Å². The Morgan fingerprint density at radius 1 is 1.58 bits per heavy atom. The summed E-state index contributed by atoms with van der Waals surface area (Å²) in [6.45, 7) is 12.6. The van der Waals surface area contributed by atoms with Crippen LogP contribution in [0.3, 0.4) is 0 Å². The fraction of sp³-hybridized carbons (Fsp3) is 0.733. The highest BCUT2D eigenvalue weighted by atomic mass is 79.9. The number of rotatable bonds is 4. The van der Waals surface area contributed by atoms with Crippen molar-refractivity contribution in [2.75, 3.05) is 13.1 Å². The summed E-state index contributed by atoms with van der Waals surface area (Å²) in [4.78, 5) is 4.12. The molecule has 1 aromatic rings. The number of hydrogen-bond acceptors (Lipinski definition) is 3. The van der Waals surface area contributed by atoms with Gasteiger partial charge in [-0.1, -0.05) is 20.3 Å². The van der Waals surface area contributed by atoms with Crippen LogP contribution in [0.5, 0.6) is 0 Å². The average molecular weight is 345 g/mol. The lowest BCUT2D eigenvalue weighted by Gasteiger charge is -2.46.